The molecule has 4 fully saturated rings. The van der Waals surface area contributed by atoms with Gasteiger partial charge in [-0.1, -0.05) is 11.6 Å². The van der Waals surface area contributed by atoms with Crippen molar-refractivity contribution in [3.63, 3.8) is 0 Å². The molecule has 0 bridgehead atoms. The second-order valence-corrected chi connectivity index (χ2v) is 12.3. The van der Waals surface area contributed by atoms with Crippen molar-refractivity contribution in [1.82, 2.24) is 19.6 Å². The Bertz CT molecular complexity index is 1160. The van der Waals surface area contributed by atoms with Gasteiger partial charge >= 0.3 is 6.09 Å². The molecule has 5 rings (SSSR count). The standard InChI is InChI=1S/C27H33ClFN5O4S/c1-2-38-27(37)31-10-7-19(8-11-31)32-12-9-22(32)25(35)33-15-20(39-24-6-3-17(29)13-21(24)28)14-23(33)26(36)34(16-30)18-4-5-18/h3,6,13,18-20,22-23H,2,4-5,7-12,14-15H2,1H3/t20-,22?,23+/m1/s1. The molecule has 0 aromatic heterocycles. The van der Waals surface area contributed by atoms with Crippen molar-refractivity contribution in [1.29, 1.82) is 5.26 Å². The van der Waals surface area contributed by atoms with E-state index < -0.39 is 11.9 Å². The summed E-state index contributed by atoms with van der Waals surface area (Å²) < 4.78 is 18.7. The molecule has 3 heterocycles. The summed E-state index contributed by atoms with van der Waals surface area (Å²) >= 11 is 7.70. The molecule has 1 aliphatic carbocycles. The SMILES string of the molecule is CCOC(=O)N1CCC(N2CCC2C(=O)N2C[C@H](Sc3ccc(F)cc3Cl)C[C@H]2C(=O)N(C#N)C2CC2)CC1. The van der Waals surface area contributed by atoms with Crippen LogP contribution in [0.1, 0.15) is 45.4 Å². The molecular formula is C27H33ClFN5O4S. The number of carbonyl (C=O) groups excluding carboxylic acids is 3. The second-order valence-electron chi connectivity index (χ2n) is 10.6. The van der Waals surface area contributed by atoms with Crippen LogP contribution in [0.5, 0.6) is 0 Å². The monoisotopic (exact) mass is 577 g/mol. The van der Waals surface area contributed by atoms with Gasteiger partial charge in [0.05, 0.1) is 17.7 Å². The van der Waals surface area contributed by atoms with Gasteiger partial charge in [0.25, 0.3) is 5.91 Å². The van der Waals surface area contributed by atoms with Gasteiger partial charge in [-0.15, -0.1) is 11.8 Å². The minimum Gasteiger partial charge on any atom is -0.450 e. The van der Waals surface area contributed by atoms with E-state index >= 15 is 0 Å². The van der Waals surface area contributed by atoms with Gasteiger partial charge in [0.2, 0.25) is 5.91 Å². The van der Waals surface area contributed by atoms with Gasteiger partial charge in [-0.25, -0.2) is 14.1 Å². The summed E-state index contributed by atoms with van der Waals surface area (Å²) in [6, 6.07) is 3.28. The molecule has 12 heteroatoms. The van der Waals surface area contributed by atoms with E-state index in [1.807, 2.05) is 6.19 Å². The van der Waals surface area contributed by atoms with Crippen LogP contribution >= 0.6 is 23.4 Å². The number of piperidine rings is 1. The predicted octanol–water partition coefficient (Wildman–Crippen LogP) is 3.71. The lowest BCUT2D eigenvalue weighted by Gasteiger charge is -2.49. The average molecular weight is 578 g/mol. The molecular weight excluding hydrogens is 545 g/mol. The maximum atomic E-state index is 13.9. The summed E-state index contributed by atoms with van der Waals surface area (Å²) in [5.74, 6) is -0.836. The zero-order valence-electron chi connectivity index (χ0n) is 21.9. The number of amides is 3. The molecule has 3 saturated heterocycles. The van der Waals surface area contributed by atoms with E-state index in [1.54, 1.807) is 22.8 Å². The Morgan fingerprint density at radius 3 is 2.49 bits per heavy atom. The Hall–Kier alpha value is -2.55. The number of rotatable bonds is 7. The topological polar surface area (TPSA) is 97.2 Å². The van der Waals surface area contributed by atoms with Crippen LogP contribution in [0.4, 0.5) is 9.18 Å². The van der Waals surface area contributed by atoms with Gasteiger partial charge < -0.3 is 14.5 Å². The van der Waals surface area contributed by atoms with Crippen LogP contribution in [0.3, 0.4) is 0 Å². The van der Waals surface area contributed by atoms with E-state index in [0.717, 1.165) is 32.2 Å². The third kappa shape index (κ3) is 5.98. The zero-order valence-corrected chi connectivity index (χ0v) is 23.5. The molecule has 3 amide bonds. The van der Waals surface area contributed by atoms with E-state index in [9.17, 15) is 24.0 Å². The van der Waals surface area contributed by atoms with Crippen molar-refractivity contribution in [3.05, 3.63) is 29.0 Å². The number of thioether (sulfide) groups is 1. The summed E-state index contributed by atoms with van der Waals surface area (Å²) in [5, 5.41) is 9.85. The predicted molar refractivity (Wildman–Crippen MR) is 143 cm³/mol. The molecule has 1 aromatic rings. The van der Waals surface area contributed by atoms with Crippen molar-refractivity contribution in [2.75, 3.05) is 32.8 Å². The first-order chi connectivity index (χ1) is 18.8. The molecule has 210 valence electrons. The van der Waals surface area contributed by atoms with Crippen LogP contribution < -0.4 is 0 Å². The Labute approximate surface area is 237 Å². The Morgan fingerprint density at radius 2 is 1.90 bits per heavy atom. The number of hydrogen-bond donors (Lipinski definition) is 0. The highest BCUT2D eigenvalue weighted by atomic mass is 35.5. The first kappa shape index (κ1) is 28.0. The number of ether oxygens (including phenoxy) is 1. The lowest BCUT2D eigenvalue weighted by molar-refractivity contribution is -0.150. The molecule has 4 aliphatic rings. The minimum absolute atomic E-state index is 0.0810. The van der Waals surface area contributed by atoms with Gasteiger partial charge in [0.15, 0.2) is 6.19 Å². The number of carbonyl (C=O) groups is 3. The van der Waals surface area contributed by atoms with Gasteiger partial charge in [-0.3, -0.25) is 14.5 Å². The highest BCUT2D eigenvalue weighted by Crippen LogP contribution is 2.39. The fourth-order valence-corrected chi connectivity index (χ4v) is 7.30. The summed E-state index contributed by atoms with van der Waals surface area (Å²) in [7, 11) is 0. The Balaban J connectivity index is 1.28. The first-order valence-corrected chi connectivity index (χ1v) is 14.9. The maximum absolute atomic E-state index is 13.9. The van der Waals surface area contributed by atoms with Crippen LogP contribution in [-0.2, 0) is 14.3 Å². The van der Waals surface area contributed by atoms with E-state index in [4.69, 9.17) is 16.3 Å². The van der Waals surface area contributed by atoms with Gasteiger partial charge in [0.1, 0.15) is 11.9 Å². The first-order valence-electron chi connectivity index (χ1n) is 13.6. The second kappa shape index (κ2) is 11.9. The average Bonchev–Trinajstić information content (AvgIpc) is 3.64. The number of nitriles is 1. The Kier molecular flexibility index (Phi) is 8.55. The van der Waals surface area contributed by atoms with Gasteiger partial charge in [-0.05, 0) is 63.6 Å². The highest BCUT2D eigenvalue weighted by Gasteiger charge is 2.49. The summed E-state index contributed by atoms with van der Waals surface area (Å²) in [4.78, 5) is 47.0. The summed E-state index contributed by atoms with van der Waals surface area (Å²) in [6.07, 6.45) is 5.97. The number of benzene rings is 1. The van der Waals surface area contributed by atoms with Crippen molar-refractivity contribution < 1.29 is 23.5 Å². The molecule has 0 radical (unpaired) electrons. The number of likely N-dealkylation sites (tertiary alicyclic amines) is 3. The maximum Gasteiger partial charge on any atom is 0.409 e. The third-order valence-corrected chi connectivity index (χ3v) is 9.79. The highest BCUT2D eigenvalue weighted by molar-refractivity contribution is 8.00. The minimum atomic E-state index is -0.720. The quantitative estimate of drug-likeness (QED) is 0.360. The smallest absolute Gasteiger partial charge is 0.409 e. The molecule has 0 N–H and O–H groups in total. The number of nitrogens with zero attached hydrogens (tertiary/aromatic N) is 5. The van der Waals surface area contributed by atoms with Crippen LogP contribution in [0.25, 0.3) is 0 Å². The normalized spacial score (nSPS) is 25.6. The van der Waals surface area contributed by atoms with Gasteiger partial charge in [-0.2, -0.15) is 5.26 Å². The van der Waals surface area contributed by atoms with Crippen molar-refractivity contribution in [3.8, 4) is 6.19 Å². The van der Waals surface area contributed by atoms with E-state index in [0.29, 0.717) is 49.0 Å². The van der Waals surface area contributed by atoms with Crippen molar-refractivity contribution in [2.24, 2.45) is 0 Å². The summed E-state index contributed by atoms with van der Waals surface area (Å²) in [6.45, 7) is 4.44. The lowest BCUT2D eigenvalue weighted by Crippen LogP contribution is -2.63. The molecule has 3 atom stereocenters. The Morgan fingerprint density at radius 1 is 1.15 bits per heavy atom. The van der Waals surface area contributed by atoms with E-state index in [1.165, 1.54) is 28.8 Å². The number of halogens is 2. The molecule has 1 saturated carbocycles. The van der Waals surface area contributed by atoms with Crippen molar-refractivity contribution in [2.45, 2.75) is 79.8 Å². The molecule has 1 aromatic carbocycles. The van der Waals surface area contributed by atoms with E-state index in [2.05, 4.69) is 4.90 Å². The molecule has 9 nitrogen and oxygen atoms in total. The molecule has 39 heavy (non-hydrogen) atoms. The molecule has 3 aliphatic heterocycles. The lowest BCUT2D eigenvalue weighted by atomic mass is 9.93. The van der Waals surface area contributed by atoms with E-state index in [-0.39, 0.29) is 41.3 Å². The third-order valence-electron chi connectivity index (χ3n) is 8.08. The van der Waals surface area contributed by atoms with Gasteiger partial charge in [0, 0.05) is 48.4 Å². The fraction of sp³-hybridized carbons (Fsp3) is 0.630. The van der Waals surface area contributed by atoms with Crippen LogP contribution in [0.2, 0.25) is 5.02 Å². The zero-order chi connectivity index (χ0) is 27.7. The van der Waals surface area contributed by atoms with Crippen LogP contribution in [-0.4, -0.2) is 99.7 Å². The molecule has 1 unspecified atom stereocenters. The largest absolute Gasteiger partial charge is 0.450 e. The van der Waals surface area contributed by atoms with Crippen LogP contribution in [0, 0.1) is 17.3 Å². The number of hydrogen-bond acceptors (Lipinski definition) is 7. The molecule has 0 spiro atoms. The summed E-state index contributed by atoms with van der Waals surface area (Å²) in [5.41, 5.74) is 0. The fourth-order valence-electron chi connectivity index (χ4n) is 5.81. The van der Waals surface area contributed by atoms with Crippen molar-refractivity contribution >= 4 is 41.3 Å². The van der Waals surface area contributed by atoms with Crippen LogP contribution in [0.15, 0.2) is 23.1 Å².